The Balaban J connectivity index is 1.50. The lowest BCUT2D eigenvalue weighted by Gasteiger charge is -2.33. The minimum absolute atomic E-state index is 0.0396. The molecule has 118 valence electrons. The second-order valence-corrected chi connectivity index (χ2v) is 7.14. The van der Waals surface area contributed by atoms with Crippen LogP contribution in [0.5, 0.6) is 0 Å². The highest BCUT2D eigenvalue weighted by molar-refractivity contribution is 6.32. The van der Waals surface area contributed by atoms with E-state index in [1.807, 2.05) is 10.6 Å². The number of amides is 1. The molecule has 0 bridgehead atoms. The predicted molar refractivity (Wildman–Crippen MR) is 82.1 cm³/mol. The Labute approximate surface area is 137 Å². The summed E-state index contributed by atoms with van der Waals surface area (Å²) in [7, 11) is 0. The summed E-state index contributed by atoms with van der Waals surface area (Å²) >= 11 is 6.11. The van der Waals surface area contributed by atoms with Crippen molar-refractivity contribution in [2.45, 2.75) is 37.6 Å². The van der Waals surface area contributed by atoms with Crippen molar-refractivity contribution in [2.24, 2.45) is 5.41 Å². The molecule has 2 aliphatic heterocycles. The second-order valence-electron chi connectivity index (χ2n) is 6.78. The van der Waals surface area contributed by atoms with Crippen LogP contribution in [0.3, 0.4) is 0 Å². The van der Waals surface area contributed by atoms with Crippen LogP contribution < -0.4 is 0 Å². The lowest BCUT2D eigenvalue weighted by Crippen LogP contribution is -2.43. The van der Waals surface area contributed by atoms with Gasteiger partial charge in [-0.05, 0) is 25.7 Å². The summed E-state index contributed by atoms with van der Waals surface area (Å²) in [5.74, 6) is 1.21. The number of ketones is 1. The van der Waals surface area contributed by atoms with E-state index in [0.29, 0.717) is 11.7 Å². The van der Waals surface area contributed by atoms with E-state index in [2.05, 4.69) is 9.97 Å². The van der Waals surface area contributed by atoms with E-state index in [1.165, 1.54) is 0 Å². The van der Waals surface area contributed by atoms with E-state index in [1.54, 1.807) is 17.3 Å². The summed E-state index contributed by atoms with van der Waals surface area (Å²) in [6, 6.07) is -0.210. The van der Waals surface area contributed by atoms with Crippen molar-refractivity contribution < 1.29 is 9.59 Å². The first kappa shape index (κ1) is 13.5. The molecule has 6 nitrogen and oxygen atoms in total. The molecule has 0 radical (unpaired) electrons. The molecule has 0 aromatic carbocycles. The summed E-state index contributed by atoms with van der Waals surface area (Å²) in [6.45, 7) is 0.566. The second kappa shape index (κ2) is 4.32. The molecule has 2 aromatic heterocycles. The van der Waals surface area contributed by atoms with Crippen molar-refractivity contribution in [2.75, 3.05) is 6.54 Å². The summed E-state index contributed by atoms with van der Waals surface area (Å²) in [6.07, 6.45) is 8.26. The van der Waals surface area contributed by atoms with Crippen LogP contribution >= 0.6 is 11.6 Å². The zero-order valence-corrected chi connectivity index (χ0v) is 13.2. The number of hydrogen-bond acceptors (Lipinski definition) is 4. The number of Topliss-reactive ketones (excluding diaryl/α,β-unsaturated/α-hetero) is 1. The maximum Gasteiger partial charge on any atom is 0.236 e. The molecule has 1 saturated carbocycles. The average molecular weight is 331 g/mol. The maximum absolute atomic E-state index is 12.6. The fourth-order valence-electron chi connectivity index (χ4n) is 4.18. The molecular weight excluding hydrogens is 316 g/mol. The molecule has 2 saturated heterocycles. The molecule has 3 fully saturated rings. The molecule has 2 atom stereocenters. The number of nitrogens with zero attached hydrogens (tertiary/aromatic N) is 4. The van der Waals surface area contributed by atoms with Crippen LogP contribution in [0.1, 0.15) is 37.4 Å². The Morgan fingerprint density at radius 1 is 1.22 bits per heavy atom. The zero-order chi connectivity index (χ0) is 15.8. The molecule has 4 heterocycles. The Kier molecular flexibility index (Phi) is 2.53. The van der Waals surface area contributed by atoms with Gasteiger partial charge in [0.25, 0.3) is 0 Å². The third-order valence-electron chi connectivity index (χ3n) is 5.58. The molecule has 7 heteroatoms. The SMILES string of the molecule is O=C1C2CCC(c3ncc4c(Cl)nccn34)CN2C(=O)C12CC2. The summed E-state index contributed by atoms with van der Waals surface area (Å²) in [5, 5.41) is 0.421. The molecule has 5 rings (SSSR count). The van der Waals surface area contributed by atoms with Gasteiger partial charge >= 0.3 is 0 Å². The van der Waals surface area contributed by atoms with Crippen LogP contribution in [0.25, 0.3) is 5.52 Å². The van der Waals surface area contributed by atoms with Crippen molar-refractivity contribution in [3.05, 3.63) is 29.6 Å². The van der Waals surface area contributed by atoms with Gasteiger partial charge in [0.1, 0.15) is 16.8 Å². The number of rotatable bonds is 1. The third-order valence-corrected chi connectivity index (χ3v) is 5.87. The molecular formula is C16H15ClN4O2. The Hall–Kier alpha value is -1.95. The van der Waals surface area contributed by atoms with Gasteiger partial charge in [-0.3, -0.25) is 14.0 Å². The van der Waals surface area contributed by atoms with Gasteiger partial charge in [-0.25, -0.2) is 9.97 Å². The summed E-state index contributed by atoms with van der Waals surface area (Å²) < 4.78 is 1.94. The van der Waals surface area contributed by atoms with Gasteiger partial charge in [0.15, 0.2) is 10.9 Å². The molecule has 3 aliphatic rings. The van der Waals surface area contributed by atoms with E-state index >= 15 is 0 Å². The lowest BCUT2D eigenvalue weighted by atomic mass is 9.90. The number of carbonyl (C=O) groups excluding carboxylic acids is 2. The smallest absolute Gasteiger partial charge is 0.236 e. The Morgan fingerprint density at radius 3 is 2.83 bits per heavy atom. The largest absolute Gasteiger partial charge is 0.331 e. The van der Waals surface area contributed by atoms with E-state index in [4.69, 9.17) is 11.6 Å². The van der Waals surface area contributed by atoms with Crippen molar-refractivity contribution in [3.63, 3.8) is 0 Å². The number of piperidine rings is 1. The number of hydrogen-bond donors (Lipinski definition) is 0. The van der Waals surface area contributed by atoms with Gasteiger partial charge in [0.05, 0.1) is 12.2 Å². The van der Waals surface area contributed by atoms with Crippen LogP contribution in [0.4, 0.5) is 0 Å². The zero-order valence-electron chi connectivity index (χ0n) is 12.4. The number of aromatic nitrogens is 3. The third kappa shape index (κ3) is 1.64. The molecule has 23 heavy (non-hydrogen) atoms. The highest BCUT2D eigenvalue weighted by atomic mass is 35.5. The average Bonchev–Trinajstić information content (AvgIpc) is 3.21. The van der Waals surface area contributed by atoms with Gasteiger partial charge in [-0.15, -0.1) is 0 Å². The highest BCUT2D eigenvalue weighted by Crippen LogP contribution is 2.55. The number of fused-ring (bicyclic) bond motifs is 2. The number of halogens is 1. The monoisotopic (exact) mass is 330 g/mol. The van der Waals surface area contributed by atoms with E-state index in [9.17, 15) is 9.59 Å². The molecule has 1 aliphatic carbocycles. The van der Waals surface area contributed by atoms with Crippen LogP contribution in [-0.2, 0) is 9.59 Å². The standard InChI is InChI=1S/C16H15ClN4O2/c17-13-11-7-19-14(20(11)6-5-18-13)9-1-2-10-12(22)16(3-4-16)15(23)21(10)8-9/h5-7,9-10H,1-4,8H2. The Morgan fingerprint density at radius 2 is 2.04 bits per heavy atom. The highest BCUT2D eigenvalue weighted by Gasteiger charge is 2.66. The van der Waals surface area contributed by atoms with Crippen LogP contribution in [0.2, 0.25) is 5.15 Å². The van der Waals surface area contributed by atoms with Crippen molar-refractivity contribution in [1.29, 1.82) is 0 Å². The number of imidazole rings is 1. The van der Waals surface area contributed by atoms with Gasteiger partial charge in [0.2, 0.25) is 5.91 Å². The van der Waals surface area contributed by atoms with Gasteiger partial charge in [0, 0.05) is 24.9 Å². The molecule has 1 spiro atoms. The first-order valence-corrected chi connectivity index (χ1v) is 8.32. The van der Waals surface area contributed by atoms with Crippen LogP contribution in [0.15, 0.2) is 18.6 Å². The quantitative estimate of drug-likeness (QED) is 0.748. The molecule has 0 N–H and O–H groups in total. The molecule has 1 amide bonds. The van der Waals surface area contributed by atoms with Crippen molar-refractivity contribution >= 4 is 28.8 Å². The van der Waals surface area contributed by atoms with Crippen molar-refractivity contribution in [1.82, 2.24) is 19.3 Å². The van der Waals surface area contributed by atoms with Gasteiger partial charge < -0.3 is 4.90 Å². The molecule has 2 unspecified atom stereocenters. The summed E-state index contributed by atoms with van der Waals surface area (Å²) in [4.78, 5) is 35.5. The fraction of sp³-hybridized carbons (Fsp3) is 0.500. The minimum atomic E-state index is -0.651. The van der Waals surface area contributed by atoms with Crippen molar-refractivity contribution in [3.8, 4) is 0 Å². The normalized spacial score (nSPS) is 28.7. The van der Waals surface area contributed by atoms with Gasteiger partial charge in [-0.1, -0.05) is 11.6 Å². The van der Waals surface area contributed by atoms with Crippen LogP contribution in [0, 0.1) is 5.41 Å². The minimum Gasteiger partial charge on any atom is -0.331 e. The summed E-state index contributed by atoms with van der Waals surface area (Å²) in [5.41, 5.74) is 0.121. The first-order chi connectivity index (χ1) is 11.1. The predicted octanol–water partition coefficient (Wildman–Crippen LogP) is 1.82. The molecule has 2 aromatic rings. The first-order valence-electron chi connectivity index (χ1n) is 7.95. The van der Waals surface area contributed by atoms with Crippen LogP contribution in [-0.4, -0.2) is 43.5 Å². The van der Waals surface area contributed by atoms with E-state index < -0.39 is 5.41 Å². The lowest BCUT2D eigenvalue weighted by molar-refractivity contribution is -0.134. The fourth-order valence-corrected chi connectivity index (χ4v) is 4.38. The maximum atomic E-state index is 12.6. The topological polar surface area (TPSA) is 67.6 Å². The van der Waals surface area contributed by atoms with Gasteiger partial charge in [-0.2, -0.15) is 0 Å². The van der Waals surface area contributed by atoms with E-state index in [-0.39, 0.29) is 23.7 Å². The van der Waals surface area contributed by atoms with E-state index in [0.717, 1.165) is 37.0 Å². The number of carbonyl (C=O) groups is 2. The Bertz CT molecular complexity index is 857.